The number of nitrogens with one attached hydrogen (secondary N) is 1. The molecule has 0 radical (unpaired) electrons. The molecule has 0 unspecified atom stereocenters. The molecule has 3 aliphatic rings. The predicted molar refractivity (Wildman–Crippen MR) is 212 cm³/mol. The van der Waals surface area contributed by atoms with E-state index in [9.17, 15) is 15.3 Å². The van der Waals surface area contributed by atoms with Gasteiger partial charge < -0.3 is 24.0 Å². The Bertz CT molecular complexity index is 1980. The van der Waals surface area contributed by atoms with Gasteiger partial charge in [0.15, 0.2) is 8.32 Å². The highest BCUT2D eigenvalue weighted by Crippen LogP contribution is 2.47. The van der Waals surface area contributed by atoms with Gasteiger partial charge in [-0.15, -0.1) is 0 Å². The van der Waals surface area contributed by atoms with Crippen LogP contribution in [-0.2, 0) is 19.3 Å². The van der Waals surface area contributed by atoms with Crippen LogP contribution >= 0.6 is 0 Å². The highest BCUT2D eigenvalue weighted by Gasteiger charge is 2.47. The number of hydrogen-bond acceptors (Lipinski definition) is 10. The molecule has 54 heavy (non-hydrogen) atoms. The van der Waals surface area contributed by atoms with Crippen LogP contribution in [0.3, 0.4) is 0 Å². The van der Waals surface area contributed by atoms with Crippen molar-refractivity contribution < 1.29 is 23.4 Å². The minimum atomic E-state index is -2.17. The standard InChI is InChI=1S/C42H54N6O5Si/c1-40(2,3)53-39(49)48-25-42(7,26-52-54(8,9)41(4,5)6)33-19-29(18-31(23-44)37(33)48)34-12-15-45-38(46-34)47-35-20-30(22-43)32(28-13-16-50-17-14-28)21-36(35)51-24-27-10-11-27/h12,15,18-21,27-28H,10-11,13-14,16-17,24-26H2,1-9H3,(H,45,46,47)/t42-/m1/s1. The first-order chi connectivity index (χ1) is 25.4. The molecule has 1 aliphatic carbocycles. The summed E-state index contributed by atoms with van der Waals surface area (Å²) in [6, 6.07) is 14.2. The Morgan fingerprint density at radius 2 is 1.74 bits per heavy atom. The van der Waals surface area contributed by atoms with E-state index in [0.717, 1.165) is 36.8 Å². The molecule has 6 rings (SSSR count). The number of benzene rings is 2. The predicted octanol–water partition coefficient (Wildman–Crippen LogP) is 9.35. The van der Waals surface area contributed by atoms with Crippen LogP contribution in [-0.4, -0.2) is 63.0 Å². The monoisotopic (exact) mass is 750 g/mol. The lowest BCUT2D eigenvalue weighted by Crippen LogP contribution is -2.46. The van der Waals surface area contributed by atoms with E-state index in [2.05, 4.69) is 63.2 Å². The molecule has 2 fully saturated rings. The first kappa shape index (κ1) is 39.2. The third kappa shape index (κ3) is 8.57. The summed E-state index contributed by atoms with van der Waals surface area (Å²) in [7, 11) is -2.17. The van der Waals surface area contributed by atoms with Crippen molar-refractivity contribution in [2.45, 2.75) is 109 Å². The van der Waals surface area contributed by atoms with Crippen LogP contribution in [0.25, 0.3) is 11.3 Å². The second-order valence-electron chi connectivity index (χ2n) is 17.8. The topological polar surface area (TPSA) is 143 Å². The lowest BCUT2D eigenvalue weighted by molar-refractivity contribution is 0.0575. The molecule has 1 atom stereocenters. The third-order valence-corrected chi connectivity index (χ3v) is 15.6. The van der Waals surface area contributed by atoms with Gasteiger partial charge in [-0.3, -0.25) is 4.90 Å². The quantitative estimate of drug-likeness (QED) is 0.199. The Hall–Kier alpha value is -4.49. The summed E-state index contributed by atoms with van der Waals surface area (Å²) < 4.78 is 24.6. The van der Waals surface area contributed by atoms with E-state index in [4.69, 9.17) is 23.6 Å². The van der Waals surface area contributed by atoms with E-state index in [1.54, 1.807) is 23.2 Å². The van der Waals surface area contributed by atoms with Crippen molar-refractivity contribution in [1.82, 2.24) is 9.97 Å². The van der Waals surface area contributed by atoms with E-state index < -0.39 is 25.4 Å². The minimum Gasteiger partial charge on any atom is -0.491 e. The molecule has 1 aromatic heterocycles. The summed E-state index contributed by atoms with van der Waals surface area (Å²) in [5.74, 6) is 1.76. The van der Waals surface area contributed by atoms with E-state index in [0.29, 0.717) is 84.3 Å². The molecule has 1 N–H and O–H groups in total. The Labute approximate surface area is 321 Å². The Kier molecular flexibility index (Phi) is 10.9. The summed E-state index contributed by atoms with van der Waals surface area (Å²) in [6.45, 7) is 21.2. The van der Waals surface area contributed by atoms with E-state index in [-0.39, 0.29) is 11.0 Å². The van der Waals surface area contributed by atoms with Gasteiger partial charge in [0, 0.05) is 43.5 Å². The Morgan fingerprint density at radius 3 is 2.37 bits per heavy atom. The molecule has 12 heteroatoms. The zero-order chi connectivity index (χ0) is 39.1. The third-order valence-electron chi connectivity index (χ3n) is 11.1. The normalized spacial score (nSPS) is 19.1. The fourth-order valence-electron chi connectivity index (χ4n) is 6.73. The molecule has 1 saturated carbocycles. The van der Waals surface area contributed by atoms with Crippen LogP contribution < -0.4 is 15.0 Å². The van der Waals surface area contributed by atoms with Gasteiger partial charge in [-0.25, -0.2) is 14.8 Å². The molecule has 2 aliphatic heterocycles. The fourth-order valence-corrected chi connectivity index (χ4v) is 7.84. The molecule has 2 aromatic carbocycles. The number of carbonyl (C=O) groups is 1. The minimum absolute atomic E-state index is 0.0123. The van der Waals surface area contributed by atoms with Crippen LogP contribution in [0.2, 0.25) is 18.1 Å². The Balaban J connectivity index is 1.38. The van der Waals surface area contributed by atoms with Crippen LogP contribution in [0.5, 0.6) is 5.75 Å². The number of fused-ring (bicyclic) bond motifs is 1. The van der Waals surface area contributed by atoms with Gasteiger partial charge in [0.1, 0.15) is 17.4 Å². The smallest absolute Gasteiger partial charge is 0.414 e. The lowest BCUT2D eigenvalue weighted by atomic mass is 9.83. The van der Waals surface area contributed by atoms with Gasteiger partial charge in [0.05, 0.1) is 40.9 Å². The maximum Gasteiger partial charge on any atom is 0.414 e. The SMILES string of the molecule is CC(C)(C)OC(=O)N1C[C@](C)(CO[Si](C)(C)C(C)(C)C)c2cc(-c3ccnc(Nc4cc(C#N)c(C5CCOCC5)cc4OCC4CC4)n3)cc(C#N)c21. The number of ether oxygens (including phenoxy) is 3. The molecule has 1 saturated heterocycles. The second-order valence-corrected chi connectivity index (χ2v) is 22.6. The fraction of sp³-hybridized carbons (Fsp3) is 0.548. The number of nitrogens with zero attached hydrogens (tertiary/aromatic N) is 5. The molecule has 286 valence electrons. The van der Waals surface area contributed by atoms with Gasteiger partial charge in [-0.05, 0) is 118 Å². The lowest BCUT2D eigenvalue weighted by Gasteiger charge is -2.39. The first-order valence-corrected chi connectivity index (χ1v) is 21.9. The number of nitriles is 2. The second kappa shape index (κ2) is 15.0. The average molecular weight is 751 g/mol. The highest BCUT2D eigenvalue weighted by atomic mass is 28.4. The first-order valence-electron chi connectivity index (χ1n) is 19.0. The van der Waals surface area contributed by atoms with Crippen molar-refractivity contribution in [3.8, 4) is 29.1 Å². The average Bonchev–Trinajstić information content (AvgIpc) is 3.90. The van der Waals surface area contributed by atoms with Crippen molar-refractivity contribution in [1.29, 1.82) is 10.5 Å². The summed E-state index contributed by atoms with van der Waals surface area (Å²) >= 11 is 0. The van der Waals surface area contributed by atoms with Crippen LogP contribution in [0.1, 0.15) is 102 Å². The maximum absolute atomic E-state index is 13.7. The zero-order valence-corrected chi connectivity index (χ0v) is 34.3. The van der Waals surface area contributed by atoms with Crippen molar-refractivity contribution in [2.75, 3.05) is 43.2 Å². The summed E-state index contributed by atoms with van der Waals surface area (Å²) in [5.41, 5.74) is 3.85. The van der Waals surface area contributed by atoms with Gasteiger partial charge in [-0.2, -0.15) is 10.5 Å². The number of aromatic nitrogens is 2. The van der Waals surface area contributed by atoms with Crippen LogP contribution in [0, 0.1) is 28.6 Å². The number of hydrogen-bond donors (Lipinski definition) is 1. The van der Waals surface area contributed by atoms with E-state index in [1.807, 2.05) is 39.0 Å². The summed E-state index contributed by atoms with van der Waals surface area (Å²) in [5, 5.41) is 24.1. The molecule has 1 amide bonds. The van der Waals surface area contributed by atoms with Crippen LogP contribution in [0.4, 0.5) is 22.1 Å². The van der Waals surface area contributed by atoms with Gasteiger partial charge >= 0.3 is 6.09 Å². The van der Waals surface area contributed by atoms with Crippen molar-refractivity contribution in [3.05, 3.63) is 58.8 Å². The summed E-state index contributed by atoms with van der Waals surface area (Å²) in [6.07, 6.45) is 5.19. The molecular formula is C42H54N6O5Si. The maximum atomic E-state index is 13.7. The zero-order valence-electron chi connectivity index (χ0n) is 33.3. The van der Waals surface area contributed by atoms with E-state index in [1.165, 1.54) is 0 Å². The van der Waals surface area contributed by atoms with Crippen molar-refractivity contribution >= 4 is 31.7 Å². The number of anilines is 3. The number of rotatable bonds is 10. The molecule has 0 bridgehead atoms. The number of carbonyl (C=O) groups excluding carboxylic acids is 1. The molecule has 3 aromatic rings. The highest BCUT2D eigenvalue weighted by molar-refractivity contribution is 6.74. The van der Waals surface area contributed by atoms with Gasteiger partial charge in [0.2, 0.25) is 5.95 Å². The van der Waals surface area contributed by atoms with Crippen molar-refractivity contribution in [2.24, 2.45) is 5.92 Å². The molecule has 0 spiro atoms. The van der Waals surface area contributed by atoms with E-state index >= 15 is 0 Å². The largest absolute Gasteiger partial charge is 0.491 e. The van der Waals surface area contributed by atoms with Gasteiger partial charge in [-0.1, -0.05) is 27.7 Å². The van der Waals surface area contributed by atoms with Crippen LogP contribution in [0.15, 0.2) is 36.5 Å². The molecule has 11 nitrogen and oxygen atoms in total. The Morgan fingerprint density at radius 1 is 1.04 bits per heavy atom. The summed E-state index contributed by atoms with van der Waals surface area (Å²) in [4.78, 5) is 24.7. The van der Waals surface area contributed by atoms with Crippen molar-refractivity contribution in [3.63, 3.8) is 0 Å². The molecule has 3 heterocycles. The van der Waals surface area contributed by atoms with Gasteiger partial charge in [0.25, 0.3) is 0 Å². The molecular weight excluding hydrogens is 697 g/mol. The number of amides is 1.